The lowest BCUT2D eigenvalue weighted by Crippen LogP contribution is -2.27. The molecule has 2 atom stereocenters. The van der Waals surface area contributed by atoms with E-state index < -0.39 is 18.2 Å². The highest BCUT2D eigenvalue weighted by Gasteiger charge is 2.28. The van der Waals surface area contributed by atoms with Gasteiger partial charge in [-0.15, -0.1) is 0 Å². The third-order valence-electron chi connectivity index (χ3n) is 1.93. The summed E-state index contributed by atoms with van der Waals surface area (Å²) in [5, 5.41) is 36.8. The molecule has 0 aliphatic carbocycles. The zero-order valence-corrected chi connectivity index (χ0v) is 10.9. The number of carbonyl (C=O) groups is 1. The minimum Gasteiger partial charge on any atom is -0.506 e. The molecule has 0 aliphatic rings. The Morgan fingerprint density at radius 3 is 2.31 bits per heavy atom. The summed E-state index contributed by atoms with van der Waals surface area (Å²) in [7, 11) is 0. The van der Waals surface area contributed by atoms with Crippen molar-refractivity contribution in [3.63, 3.8) is 0 Å². The molecule has 1 aromatic carbocycles. The van der Waals surface area contributed by atoms with Crippen LogP contribution in [0, 0.1) is 0 Å². The van der Waals surface area contributed by atoms with Crippen molar-refractivity contribution in [3.05, 3.63) is 26.6 Å². The summed E-state index contributed by atoms with van der Waals surface area (Å²) in [6, 6.07) is 2.86. The molecule has 2 unspecified atom stereocenters. The standard InChI is InChI=1S/C9H8Br2O5/c10-3-1-4(6(12)5(11)2-3)7(13)8(14)9(15)16/h1-2,7-8,12-14H,(H,15,16). The fourth-order valence-electron chi connectivity index (χ4n) is 1.12. The highest BCUT2D eigenvalue weighted by molar-refractivity contribution is 9.11. The molecule has 0 fully saturated rings. The van der Waals surface area contributed by atoms with Crippen LogP contribution in [-0.4, -0.2) is 32.5 Å². The Morgan fingerprint density at radius 1 is 1.25 bits per heavy atom. The van der Waals surface area contributed by atoms with E-state index in [1.165, 1.54) is 12.1 Å². The van der Waals surface area contributed by atoms with Gasteiger partial charge < -0.3 is 20.4 Å². The molecule has 0 radical (unpaired) electrons. The van der Waals surface area contributed by atoms with Crippen molar-refractivity contribution >= 4 is 37.8 Å². The summed E-state index contributed by atoms with van der Waals surface area (Å²) in [5.74, 6) is -1.88. The number of carboxylic acid groups (broad SMARTS) is 1. The van der Waals surface area contributed by atoms with Gasteiger partial charge in [0.1, 0.15) is 11.9 Å². The number of aliphatic hydroxyl groups excluding tert-OH is 2. The van der Waals surface area contributed by atoms with Crippen LogP contribution in [0.1, 0.15) is 11.7 Å². The van der Waals surface area contributed by atoms with Crippen LogP contribution in [0.4, 0.5) is 0 Å². The smallest absolute Gasteiger partial charge is 0.335 e. The highest BCUT2D eigenvalue weighted by atomic mass is 79.9. The molecule has 7 heteroatoms. The second-order valence-electron chi connectivity index (χ2n) is 3.05. The van der Waals surface area contributed by atoms with Crippen molar-refractivity contribution < 1.29 is 25.2 Å². The fraction of sp³-hybridized carbons (Fsp3) is 0.222. The number of carboxylic acids is 1. The van der Waals surface area contributed by atoms with Crippen LogP contribution < -0.4 is 0 Å². The average Bonchev–Trinajstić information content (AvgIpc) is 2.21. The molecule has 0 aliphatic heterocycles. The molecule has 5 nitrogen and oxygen atoms in total. The third kappa shape index (κ3) is 2.73. The van der Waals surface area contributed by atoms with E-state index in [1.54, 1.807) is 0 Å². The molecule has 88 valence electrons. The van der Waals surface area contributed by atoms with Gasteiger partial charge in [0.25, 0.3) is 0 Å². The number of aliphatic carboxylic acids is 1. The Labute approximate surface area is 108 Å². The summed E-state index contributed by atoms with van der Waals surface area (Å²) in [6.45, 7) is 0. The van der Waals surface area contributed by atoms with Crippen LogP contribution in [-0.2, 0) is 4.79 Å². The lowest BCUT2D eigenvalue weighted by molar-refractivity contribution is -0.153. The maximum Gasteiger partial charge on any atom is 0.335 e. The first-order valence-electron chi connectivity index (χ1n) is 4.11. The van der Waals surface area contributed by atoms with E-state index in [4.69, 9.17) is 10.2 Å². The van der Waals surface area contributed by atoms with E-state index in [9.17, 15) is 15.0 Å². The first-order valence-corrected chi connectivity index (χ1v) is 5.70. The Hall–Kier alpha value is -0.630. The van der Waals surface area contributed by atoms with Gasteiger partial charge in [0.2, 0.25) is 0 Å². The Balaban J connectivity index is 3.17. The van der Waals surface area contributed by atoms with Crippen molar-refractivity contribution in [1.82, 2.24) is 0 Å². The van der Waals surface area contributed by atoms with Crippen molar-refractivity contribution in [2.45, 2.75) is 12.2 Å². The van der Waals surface area contributed by atoms with Gasteiger partial charge in [-0.2, -0.15) is 0 Å². The van der Waals surface area contributed by atoms with Crippen LogP contribution in [0.5, 0.6) is 5.75 Å². The number of hydrogen-bond acceptors (Lipinski definition) is 4. The van der Waals surface area contributed by atoms with Gasteiger partial charge in [-0.25, -0.2) is 4.79 Å². The topological polar surface area (TPSA) is 98.0 Å². The number of hydrogen-bond donors (Lipinski definition) is 4. The lowest BCUT2D eigenvalue weighted by atomic mass is 10.0. The molecule has 1 rings (SSSR count). The number of halogens is 2. The molecule has 0 aromatic heterocycles. The van der Waals surface area contributed by atoms with Gasteiger partial charge in [-0.05, 0) is 28.1 Å². The number of benzene rings is 1. The normalized spacial score (nSPS) is 14.5. The molecule has 0 bridgehead atoms. The largest absolute Gasteiger partial charge is 0.506 e. The summed E-state index contributed by atoms with van der Waals surface area (Å²) >= 11 is 6.15. The molecule has 0 amide bonds. The first-order chi connectivity index (χ1) is 7.34. The average molecular weight is 356 g/mol. The SMILES string of the molecule is O=C(O)C(O)C(O)c1cc(Br)cc(Br)c1O. The van der Waals surface area contributed by atoms with Crippen LogP contribution in [0.2, 0.25) is 0 Å². The molecule has 0 saturated heterocycles. The van der Waals surface area contributed by atoms with E-state index in [0.717, 1.165) is 0 Å². The van der Waals surface area contributed by atoms with E-state index in [2.05, 4.69) is 31.9 Å². The van der Waals surface area contributed by atoms with E-state index in [1.807, 2.05) is 0 Å². The number of rotatable bonds is 3. The zero-order chi connectivity index (χ0) is 12.5. The summed E-state index contributed by atoms with van der Waals surface area (Å²) in [5.41, 5.74) is -0.0730. The maximum atomic E-state index is 10.5. The highest BCUT2D eigenvalue weighted by Crippen LogP contribution is 2.36. The Bertz CT molecular complexity index is 421. The maximum absolute atomic E-state index is 10.5. The quantitative estimate of drug-likeness (QED) is 0.657. The number of aliphatic hydroxyl groups is 2. The lowest BCUT2D eigenvalue weighted by Gasteiger charge is -2.16. The molecular weight excluding hydrogens is 348 g/mol. The first kappa shape index (κ1) is 13.4. The monoisotopic (exact) mass is 354 g/mol. The molecule has 1 aromatic rings. The van der Waals surface area contributed by atoms with Crippen molar-refractivity contribution in [1.29, 1.82) is 0 Å². The second kappa shape index (κ2) is 5.13. The van der Waals surface area contributed by atoms with Crippen molar-refractivity contribution in [3.8, 4) is 5.75 Å². The van der Waals surface area contributed by atoms with Crippen LogP contribution >= 0.6 is 31.9 Å². The van der Waals surface area contributed by atoms with Crippen molar-refractivity contribution in [2.24, 2.45) is 0 Å². The van der Waals surface area contributed by atoms with Crippen LogP contribution in [0.3, 0.4) is 0 Å². The fourth-order valence-corrected chi connectivity index (χ4v) is 2.37. The second-order valence-corrected chi connectivity index (χ2v) is 4.82. The number of phenols is 1. The number of aromatic hydroxyl groups is 1. The summed E-state index contributed by atoms with van der Waals surface area (Å²) in [6.07, 6.45) is -3.70. The molecule has 0 saturated carbocycles. The number of phenolic OH excluding ortho intramolecular Hbond substituents is 1. The van der Waals surface area contributed by atoms with Gasteiger partial charge in [-0.1, -0.05) is 15.9 Å². The minimum atomic E-state index is -1.99. The predicted octanol–water partition coefficient (Wildman–Crippen LogP) is 1.40. The van der Waals surface area contributed by atoms with Gasteiger partial charge in [0, 0.05) is 10.0 Å². The van der Waals surface area contributed by atoms with E-state index >= 15 is 0 Å². The van der Waals surface area contributed by atoms with Gasteiger partial charge in [0.15, 0.2) is 6.10 Å². The molecular formula is C9H8Br2O5. The van der Waals surface area contributed by atoms with Gasteiger partial charge >= 0.3 is 5.97 Å². The Morgan fingerprint density at radius 2 is 1.81 bits per heavy atom. The van der Waals surface area contributed by atoms with Gasteiger partial charge in [-0.3, -0.25) is 0 Å². The summed E-state index contributed by atoms with van der Waals surface area (Å²) in [4.78, 5) is 10.5. The molecule has 0 heterocycles. The molecule has 16 heavy (non-hydrogen) atoms. The minimum absolute atomic E-state index is 0.0730. The Kier molecular flexibility index (Phi) is 4.31. The van der Waals surface area contributed by atoms with Crippen molar-refractivity contribution in [2.75, 3.05) is 0 Å². The van der Waals surface area contributed by atoms with Crippen LogP contribution in [0.25, 0.3) is 0 Å². The van der Waals surface area contributed by atoms with E-state index in [0.29, 0.717) is 4.47 Å². The van der Waals surface area contributed by atoms with E-state index in [-0.39, 0.29) is 15.8 Å². The van der Waals surface area contributed by atoms with Gasteiger partial charge in [0.05, 0.1) is 4.47 Å². The zero-order valence-electron chi connectivity index (χ0n) is 7.76. The molecule has 0 spiro atoms. The van der Waals surface area contributed by atoms with Crippen LogP contribution in [0.15, 0.2) is 21.1 Å². The predicted molar refractivity (Wildman–Crippen MR) is 62.1 cm³/mol. The third-order valence-corrected chi connectivity index (χ3v) is 2.99. The summed E-state index contributed by atoms with van der Waals surface area (Å²) < 4.78 is 0.817. The molecule has 4 N–H and O–H groups in total.